The minimum atomic E-state index is -0.500. The molecule has 1 rings (SSSR count). The number of pyridine rings is 1. The van der Waals surface area contributed by atoms with Gasteiger partial charge in [0.15, 0.2) is 0 Å². The van der Waals surface area contributed by atoms with Crippen molar-refractivity contribution in [2.24, 2.45) is 0 Å². The minimum absolute atomic E-state index is 0.500. The van der Waals surface area contributed by atoms with Gasteiger partial charge in [-0.15, -0.1) is 0 Å². The molecule has 0 saturated carbocycles. The van der Waals surface area contributed by atoms with Crippen LogP contribution in [-0.2, 0) is 0 Å². The fourth-order valence-electron chi connectivity index (χ4n) is 1.79. The fourth-order valence-corrected chi connectivity index (χ4v) is 1.79. The summed E-state index contributed by atoms with van der Waals surface area (Å²) in [5.41, 5.74) is 1.85. The first-order valence-electron chi connectivity index (χ1n) is 6.58. The van der Waals surface area contributed by atoms with Gasteiger partial charge in [0.2, 0.25) is 0 Å². The van der Waals surface area contributed by atoms with Gasteiger partial charge in [-0.05, 0) is 39.6 Å². The molecule has 4 nitrogen and oxygen atoms in total. The zero-order chi connectivity index (χ0) is 13.5. The van der Waals surface area contributed by atoms with Crippen molar-refractivity contribution >= 4 is 5.69 Å². The highest BCUT2D eigenvalue weighted by Crippen LogP contribution is 2.16. The molecule has 0 aliphatic heterocycles. The third-order valence-electron chi connectivity index (χ3n) is 2.87. The van der Waals surface area contributed by atoms with Crippen LogP contribution in [0.4, 0.5) is 5.69 Å². The molecule has 0 bridgehead atoms. The molecule has 0 aliphatic carbocycles. The van der Waals surface area contributed by atoms with E-state index in [9.17, 15) is 5.11 Å². The lowest BCUT2D eigenvalue weighted by molar-refractivity contribution is 0.194. The van der Waals surface area contributed by atoms with E-state index in [1.54, 1.807) is 6.92 Å². The normalized spacial score (nSPS) is 12.8. The van der Waals surface area contributed by atoms with Crippen LogP contribution in [0.1, 0.15) is 32.1 Å². The quantitative estimate of drug-likeness (QED) is 0.803. The van der Waals surface area contributed by atoms with Crippen LogP contribution in [0.3, 0.4) is 0 Å². The summed E-state index contributed by atoms with van der Waals surface area (Å²) >= 11 is 0. The average molecular weight is 251 g/mol. The smallest absolute Gasteiger partial charge is 0.0931 e. The highest BCUT2D eigenvalue weighted by atomic mass is 16.3. The number of anilines is 1. The molecule has 0 spiro atoms. The van der Waals surface area contributed by atoms with E-state index < -0.39 is 6.10 Å². The molecule has 0 amide bonds. The van der Waals surface area contributed by atoms with Crippen LogP contribution >= 0.6 is 0 Å². The lowest BCUT2D eigenvalue weighted by Crippen LogP contribution is -2.32. The summed E-state index contributed by atoms with van der Waals surface area (Å²) in [7, 11) is 4.16. The summed E-state index contributed by atoms with van der Waals surface area (Å²) in [5.74, 6) is 0. The number of hydrogen-bond donors (Lipinski definition) is 1. The van der Waals surface area contributed by atoms with Crippen molar-refractivity contribution in [3.05, 3.63) is 24.0 Å². The summed E-state index contributed by atoms with van der Waals surface area (Å²) < 4.78 is 0. The Hall–Kier alpha value is -1.13. The molecule has 1 atom stereocenters. The predicted molar refractivity (Wildman–Crippen MR) is 75.9 cm³/mol. The number of hydrogen-bond acceptors (Lipinski definition) is 4. The second kappa shape index (κ2) is 7.34. The predicted octanol–water partition coefficient (Wildman–Crippen LogP) is 1.91. The van der Waals surface area contributed by atoms with Crippen molar-refractivity contribution in [1.82, 2.24) is 9.88 Å². The standard InChI is InChI=1S/C14H25N3O/c1-5-8-17(10-9-16(3)4)13-6-7-14(12(2)18)15-11-13/h6-7,11-12,18H,5,8-10H2,1-4H3/t12-/m1/s1. The Bertz CT molecular complexity index is 335. The van der Waals surface area contributed by atoms with Gasteiger partial charge >= 0.3 is 0 Å². The van der Waals surface area contributed by atoms with Crippen LogP contribution in [-0.4, -0.2) is 48.7 Å². The average Bonchev–Trinajstić information content (AvgIpc) is 2.34. The SMILES string of the molecule is CCCN(CCN(C)C)c1ccc([C@@H](C)O)nc1. The number of rotatable bonds is 7. The van der Waals surface area contributed by atoms with E-state index >= 15 is 0 Å². The highest BCUT2D eigenvalue weighted by molar-refractivity contribution is 5.44. The zero-order valence-electron chi connectivity index (χ0n) is 11.9. The minimum Gasteiger partial charge on any atom is -0.387 e. The molecule has 0 radical (unpaired) electrons. The van der Waals surface area contributed by atoms with Crippen LogP contribution in [0.5, 0.6) is 0 Å². The first-order valence-corrected chi connectivity index (χ1v) is 6.58. The van der Waals surface area contributed by atoms with Crippen LogP contribution in [0.25, 0.3) is 0 Å². The summed E-state index contributed by atoms with van der Waals surface area (Å²) in [5, 5.41) is 9.45. The van der Waals surface area contributed by atoms with Gasteiger partial charge < -0.3 is 14.9 Å². The first-order chi connectivity index (χ1) is 8.54. The highest BCUT2D eigenvalue weighted by Gasteiger charge is 2.08. The van der Waals surface area contributed by atoms with Gasteiger partial charge in [-0.2, -0.15) is 0 Å². The summed E-state index contributed by atoms with van der Waals surface area (Å²) in [6.45, 7) is 6.97. The maximum Gasteiger partial charge on any atom is 0.0931 e. The monoisotopic (exact) mass is 251 g/mol. The molecule has 18 heavy (non-hydrogen) atoms. The molecule has 0 unspecified atom stereocenters. The number of aliphatic hydroxyl groups excluding tert-OH is 1. The van der Waals surface area contributed by atoms with Gasteiger partial charge in [0, 0.05) is 19.6 Å². The van der Waals surface area contributed by atoms with E-state index in [4.69, 9.17) is 0 Å². The fraction of sp³-hybridized carbons (Fsp3) is 0.643. The molecule has 0 saturated heterocycles. The number of likely N-dealkylation sites (N-methyl/N-ethyl adjacent to an activating group) is 1. The molecule has 0 fully saturated rings. The van der Waals surface area contributed by atoms with Crippen molar-refractivity contribution in [2.45, 2.75) is 26.4 Å². The maximum absolute atomic E-state index is 9.45. The molecule has 1 aromatic rings. The topological polar surface area (TPSA) is 39.6 Å². The molecule has 0 aromatic carbocycles. The van der Waals surface area contributed by atoms with Gasteiger partial charge in [0.1, 0.15) is 0 Å². The third kappa shape index (κ3) is 4.63. The number of nitrogens with zero attached hydrogens (tertiary/aromatic N) is 3. The molecule has 4 heteroatoms. The van der Waals surface area contributed by atoms with Crippen molar-refractivity contribution < 1.29 is 5.11 Å². The van der Waals surface area contributed by atoms with E-state index in [2.05, 4.69) is 35.8 Å². The van der Waals surface area contributed by atoms with Gasteiger partial charge in [0.05, 0.1) is 23.7 Å². The number of aromatic nitrogens is 1. The maximum atomic E-state index is 9.45. The van der Waals surface area contributed by atoms with Crippen molar-refractivity contribution in [2.75, 3.05) is 38.6 Å². The lowest BCUT2D eigenvalue weighted by atomic mass is 10.2. The van der Waals surface area contributed by atoms with E-state index in [1.807, 2.05) is 18.3 Å². The summed E-state index contributed by atoms with van der Waals surface area (Å²) in [4.78, 5) is 8.82. The summed E-state index contributed by atoms with van der Waals surface area (Å²) in [6.07, 6.45) is 2.47. The Labute approximate surface area is 110 Å². The second-order valence-corrected chi connectivity index (χ2v) is 4.91. The molecule has 0 aliphatic rings. The Morgan fingerprint density at radius 3 is 2.39 bits per heavy atom. The molecular weight excluding hydrogens is 226 g/mol. The van der Waals surface area contributed by atoms with Crippen LogP contribution < -0.4 is 4.90 Å². The lowest BCUT2D eigenvalue weighted by Gasteiger charge is -2.25. The van der Waals surface area contributed by atoms with Gasteiger partial charge in [-0.3, -0.25) is 4.98 Å². The van der Waals surface area contributed by atoms with E-state index in [-0.39, 0.29) is 0 Å². The van der Waals surface area contributed by atoms with E-state index in [1.165, 1.54) is 0 Å². The van der Waals surface area contributed by atoms with E-state index in [0.29, 0.717) is 0 Å². The Morgan fingerprint density at radius 2 is 1.94 bits per heavy atom. The van der Waals surface area contributed by atoms with Crippen LogP contribution in [0.15, 0.2) is 18.3 Å². The van der Waals surface area contributed by atoms with Crippen molar-refractivity contribution in [3.8, 4) is 0 Å². The van der Waals surface area contributed by atoms with Gasteiger partial charge in [-0.1, -0.05) is 6.92 Å². The van der Waals surface area contributed by atoms with Crippen LogP contribution in [0.2, 0.25) is 0 Å². The zero-order valence-corrected chi connectivity index (χ0v) is 11.9. The van der Waals surface area contributed by atoms with Crippen molar-refractivity contribution in [1.29, 1.82) is 0 Å². The summed E-state index contributed by atoms with van der Waals surface area (Å²) in [6, 6.07) is 3.94. The third-order valence-corrected chi connectivity index (χ3v) is 2.87. The van der Waals surface area contributed by atoms with Gasteiger partial charge in [0.25, 0.3) is 0 Å². The first kappa shape index (κ1) is 14.9. The van der Waals surface area contributed by atoms with Crippen LogP contribution in [0, 0.1) is 0 Å². The largest absolute Gasteiger partial charge is 0.387 e. The molecular formula is C14H25N3O. The second-order valence-electron chi connectivity index (χ2n) is 4.91. The molecule has 102 valence electrons. The Kier molecular flexibility index (Phi) is 6.09. The number of aliphatic hydroxyl groups is 1. The van der Waals surface area contributed by atoms with E-state index in [0.717, 1.165) is 37.4 Å². The molecule has 1 N–H and O–H groups in total. The Morgan fingerprint density at radius 1 is 1.22 bits per heavy atom. The molecule has 1 aromatic heterocycles. The molecule has 1 heterocycles. The Balaban J connectivity index is 2.72. The van der Waals surface area contributed by atoms with Crippen molar-refractivity contribution in [3.63, 3.8) is 0 Å². The van der Waals surface area contributed by atoms with Gasteiger partial charge in [-0.25, -0.2) is 0 Å².